The van der Waals surface area contributed by atoms with E-state index >= 15 is 0 Å². The van der Waals surface area contributed by atoms with Gasteiger partial charge in [-0.05, 0) is 39.2 Å². The van der Waals surface area contributed by atoms with Crippen LogP contribution < -0.4 is 10.6 Å². The molecular formula is C23H30N4O7. The minimum atomic E-state index is -1.06. The highest BCUT2D eigenvalue weighted by Gasteiger charge is 2.38. The number of likely N-dealkylation sites (tertiary alicyclic amines) is 1. The molecule has 0 spiro atoms. The molecule has 0 aromatic heterocycles. The van der Waals surface area contributed by atoms with Crippen molar-refractivity contribution in [2.24, 2.45) is 0 Å². The van der Waals surface area contributed by atoms with Crippen molar-refractivity contribution in [2.45, 2.75) is 70.7 Å². The first-order valence-corrected chi connectivity index (χ1v) is 11.2. The van der Waals surface area contributed by atoms with Gasteiger partial charge in [-0.25, -0.2) is 9.59 Å². The highest BCUT2D eigenvalue weighted by Crippen LogP contribution is 2.21. The maximum atomic E-state index is 13.1. The molecule has 3 rings (SSSR count). The van der Waals surface area contributed by atoms with E-state index in [1.165, 1.54) is 4.90 Å². The Bertz CT molecular complexity index is 928. The molecule has 2 heterocycles. The first-order chi connectivity index (χ1) is 16.0. The van der Waals surface area contributed by atoms with Gasteiger partial charge >= 0.3 is 12.2 Å². The Balaban J connectivity index is 1.68. The fraction of sp³-hybridized carbons (Fsp3) is 0.522. The fourth-order valence-electron chi connectivity index (χ4n) is 3.74. The van der Waals surface area contributed by atoms with Gasteiger partial charge in [0.25, 0.3) is 11.8 Å². The molecule has 2 atom stereocenters. The number of imide groups is 1. The summed E-state index contributed by atoms with van der Waals surface area (Å²) in [5, 5.41) is 5.67. The van der Waals surface area contributed by atoms with E-state index in [9.17, 15) is 24.0 Å². The van der Waals surface area contributed by atoms with Crippen molar-refractivity contribution < 1.29 is 33.5 Å². The molecule has 2 aliphatic rings. The van der Waals surface area contributed by atoms with Gasteiger partial charge in [0.1, 0.15) is 17.8 Å². The highest BCUT2D eigenvalue weighted by atomic mass is 16.7. The standard InChI is InChI=1S/C23H30N4O7/c1-23(2,3)33-22(32)26-13-7-10-16(26)20(30)24-17(14-15-8-5-4-6-9-15)25-21(31)34-27-18(28)11-12-19(27)29/h4-6,8-9,16-17H,7,10-14H2,1-3H3,(H,24,30)(H,25,31)/t16-,17-/m0/s1. The average Bonchev–Trinajstić information content (AvgIpc) is 3.36. The Morgan fingerprint density at radius 1 is 1.06 bits per heavy atom. The minimum absolute atomic E-state index is 0.0293. The van der Waals surface area contributed by atoms with Crippen LogP contribution >= 0.6 is 0 Å². The van der Waals surface area contributed by atoms with Gasteiger partial charge in [-0.3, -0.25) is 24.6 Å². The summed E-state index contributed by atoms with van der Waals surface area (Å²) >= 11 is 0. The maximum absolute atomic E-state index is 13.1. The molecule has 11 nitrogen and oxygen atoms in total. The lowest BCUT2D eigenvalue weighted by Crippen LogP contribution is -2.55. The van der Waals surface area contributed by atoms with E-state index in [4.69, 9.17) is 9.57 Å². The van der Waals surface area contributed by atoms with Crippen LogP contribution in [0.1, 0.15) is 52.0 Å². The summed E-state index contributed by atoms with van der Waals surface area (Å²) in [5.74, 6) is -1.68. The van der Waals surface area contributed by atoms with Crippen LogP contribution in [0.5, 0.6) is 0 Å². The van der Waals surface area contributed by atoms with Crippen molar-refractivity contribution in [3.05, 3.63) is 35.9 Å². The van der Waals surface area contributed by atoms with E-state index in [1.807, 2.05) is 30.3 Å². The first-order valence-electron chi connectivity index (χ1n) is 11.2. The number of amides is 5. The van der Waals surface area contributed by atoms with Crippen molar-refractivity contribution in [1.29, 1.82) is 0 Å². The van der Waals surface area contributed by atoms with Crippen molar-refractivity contribution in [3.8, 4) is 0 Å². The summed E-state index contributed by atoms with van der Waals surface area (Å²) in [5.41, 5.74) is 0.114. The van der Waals surface area contributed by atoms with Crippen molar-refractivity contribution in [1.82, 2.24) is 20.6 Å². The number of rotatable bonds is 6. The van der Waals surface area contributed by atoms with E-state index in [0.29, 0.717) is 24.4 Å². The predicted molar refractivity (Wildman–Crippen MR) is 119 cm³/mol. The number of nitrogens with zero attached hydrogens (tertiary/aromatic N) is 2. The second kappa shape index (κ2) is 10.5. The molecule has 0 unspecified atom stereocenters. The molecule has 0 bridgehead atoms. The predicted octanol–water partition coefficient (Wildman–Crippen LogP) is 1.86. The largest absolute Gasteiger partial charge is 0.444 e. The van der Waals surface area contributed by atoms with E-state index in [2.05, 4.69) is 10.6 Å². The lowest BCUT2D eigenvalue weighted by atomic mass is 10.1. The number of benzene rings is 1. The first kappa shape index (κ1) is 25.0. The molecule has 184 valence electrons. The normalized spacial score (nSPS) is 19.1. The molecule has 0 saturated carbocycles. The highest BCUT2D eigenvalue weighted by molar-refractivity contribution is 6.01. The molecule has 2 saturated heterocycles. The third-order valence-electron chi connectivity index (χ3n) is 5.25. The number of carbonyl (C=O) groups excluding carboxylic acids is 5. The zero-order valence-corrected chi connectivity index (χ0v) is 19.5. The van der Waals surface area contributed by atoms with E-state index in [1.54, 1.807) is 20.8 Å². The average molecular weight is 475 g/mol. The van der Waals surface area contributed by atoms with Crippen LogP contribution in [0.3, 0.4) is 0 Å². The molecule has 2 fully saturated rings. The van der Waals surface area contributed by atoms with Crippen LogP contribution in [0.4, 0.5) is 9.59 Å². The Morgan fingerprint density at radius 2 is 1.71 bits per heavy atom. The van der Waals surface area contributed by atoms with Gasteiger partial charge in [-0.2, -0.15) is 0 Å². The van der Waals surface area contributed by atoms with E-state index < -0.39 is 47.7 Å². The lowest BCUT2D eigenvalue weighted by molar-refractivity contribution is -0.171. The smallest absolute Gasteiger partial charge is 0.433 e. The quantitative estimate of drug-likeness (QED) is 0.475. The third-order valence-corrected chi connectivity index (χ3v) is 5.25. The molecular weight excluding hydrogens is 444 g/mol. The maximum Gasteiger partial charge on any atom is 0.433 e. The summed E-state index contributed by atoms with van der Waals surface area (Å²) in [4.78, 5) is 67.7. The molecule has 1 aromatic rings. The van der Waals surface area contributed by atoms with Gasteiger partial charge in [0, 0.05) is 25.8 Å². The van der Waals surface area contributed by atoms with Crippen molar-refractivity contribution >= 4 is 29.9 Å². The molecule has 5 amide bonds. The molecule has 11 heteroatoms. The van der Waals surface area contributed by atoms with Crippen LogP contribution in [0.25, 0.3) is 0 Å². The van der Waals surface area contributed by atoms with E-state index in [-0.39, 0.29) is 19.3 Å². The molecule has 0 aliphatic carbocycles. The van der Waals surface area contributed by atoms with Gasteiger partial charge < -0.3 is 14.9 Å². The lowest BCUT2D eigenvalue weighted by Gasteiger charge is -2.29. The molecule has 2 aliphatic heterocycles. The van der Waals surface area contributed by atoms with Gasteiger partial charge in [-0.15, -0.1) is 5.06 Å². The number of carbonyl (C=O) groups is 5. The molecule has 0 radical (unpaired) electrons. The Kier molecular flexibility index (Phi) is 7.75. The van der Waals surface area contributed by atoms with Gasteiger partial charge in [0.2, 0.25) is 5.91 Å². The number of hydrogen-bond donors (Lipinski definition) is 2. The summed E-state index contributed by atoms with van der Waals surface area (Å²) in [6.45, 7) is 5.62. The van der Waals surface area contributed by atoms with Crippen LogP contribution in [-0.2, 0) is 30.4 Å². The number of ether oxygens (including phenoxy) is 1. The zero-order chi connectivity index (χ0) is 24.9. The Labute approximate surface area is 197 Å². The SMILES string of the molecule is CC(C)(C)OC(=O)N1CCC[C@H]1C(=O)N[C@H](Cc1ccccc1)NC(=O)ON1C(=O)CCC1=O. The van der Waals surface area contributed by atoms with Gasteiger partial charge in [0.15, 0.2) is 0 Å². The summed E-state index contributed by atoms with van der Waals surface area (Å²) < 4.78 is 5.41. The summed E-state index contributed by atoms with van der Waals surface area (Å²) in [6, 6.07) is 8.35. The van der Waals surface area contributed by atoms with E-state index in [0.717, 1.165) is 5.56 Å². The van der Waals surface area contributed by atoms with Crippen LogP contribution in [0.15, 0.2) is 30.3 Å². The topological polar surface area (TPSA) is 134 Å². The van der Waals surface area contributed by atoms with Crippen molar-refractivity contribution in [3.63, 3.8) is 0 Å². The molecule has 2 N–H and O–H groups in total. The van der Waals surface area contributed by atoms with Crippen LogP contribution in [-0.4, -0.2) is 64.2 Å². The Morgan fingerprint density at radius 3 is 2.32 bits per heavy atom. The number of hydrogen-bond acceptors (Lipinski definition) is 7. The van der Waals surface area contributed by atoms with Crippen LogP contribution in [0, 0.1) is 0 Å². The minimum Gasteiger partial charge on any atom is -0.444 e. The zero-order valence-electron chi connectivity index (χ0n) is 19.5. The number of nitrogens with one attached hydrogen (secondary N) is 2. The fourth-order valence-corrected chi connectivity index (χ4v) is 3.74. The van der Waals surface area contributed by atoms with Crippen molar-refractivity contribution in [2.75, 3.05) is 6.54 Å². The Hall–Kier alpha value is -3.63. The second-order valence-corrected chi connectivity index (χ2v) is 9.19. The summed E-state index contributed by atoms with van der Waals surface area (Å²) in [7, 11) is 0. The van der Waals surface area contributed by atoms with Gasteiger partial charge in [0.05, 0.1) is 0 Å². The summed E-state index contributed by atoms with van der Waals surface area (Å²) in [6.07, 6.45) is -1.32. The monoisotopic (exact) mass is 474 g/mol. The number of hydroxylamine groups is 2. The second-order valence-electron chi connectivity index (χ2n) is 9.19. The molecule has 1 aromatic carbocycles. The molecule has 34 heavy (non-hydrogen) atoms. The third kappa shape index (κ3) is 6.69. The van der Waals surface area contributed by atoms with Gasteiger partial charge in [-0.1, -0.05) is 30.3 Å². The van der Waals surface area contributed by atoms with Crippen LogP contribution in [0.2, 0.25) is 0 Å².